The minimum Gasteiger partial charge on any atom is -0.457 e. The fourth-order valence-corrected chi connectivity index (χ4v) is 4.04. The number of hydrogen-bond donors (Lipinski definition) is 4. The van der Waals surface area contributed by atoms with Gasteiger partial charge in [-0.1, -0.05) is 45.5 Å². The number of amides is 3. The lowest BCUT2D eigenvalue weighted by molar-refractivity contribution is -0.151. The Bertz CT molecular complexity index is 800. The molecule has 1 aliphatic rings. The van der Waals surface area contributed by atoms with Crippen LogP contribution < -0.4 is 16.0 Å². The lowest BCUT2D eigenvalue weighted by atomic mass is 9.96. The highest BCUT2D eigenvalue weighted by molar-refractivity contribution is 8.13. The van der Waals surface area contributed by atoms with E-state index in [2.05, 4.69) is 16.0 Å². The molecule has 1 rings (SSSR count). The maximum absolute atomic E-state index is 12.8. The van der Waals surface area contributed by atoms with E-state index < -0.39 is 54.0 Å². The van der Waals surface area contributed by atoms with E-state index in [1.807, 2.05) is 0 Å². The Morgan fingerprint density at radius 1 is 1.06 bits per heavy atom. The third-order valence-electron chi connectivity index (χ3n) is 5.45. The topological polar surface area (TPSA) is 151 Å². The second-order valence-electron chi connectivity index (χ2n) is 9.36. The molecule has 1 aliphatic heterocycles. The predicted octanol–water partition coefficient (Wildman–Crippen LogP) is 1.07. The second kappa shape index (κ2) is 14.9. The summed E-state index contributed by atoms with van der Waals surface area (Å²) in [4.78, 5) is 61.9. The van der Waals surface area contributed by atoms with E-state index in [1.165, 1.54) is 13.8 Å². The first-order chi connectivity index (χ1) is 16.3. The lowest BCUT2D eigenvalue weighted by Crippen LogP contribution is -2.57. The quantitative estimate of drug-likeness (QED) is 0.234. The summed E-state index contributed by atoms with van der Waals surface area (Å²) >= 11 is 1.16. The number of thioether (sulfide) groups is 1. The minimum absolute atomic E-state index is 0.00813. The normalized spacial score (nSPS) is 27.6. The monoisotopic (exact) mass is 513 g/mol. The number of cyclic esters (lactones) is 1. The van der Waals surface area contributed by atoms with E-state index in [9.17, 15) is 29.1 Å². The molecular weight excluding hydrogens is 474 g/mol. The molecule has 0 aromatic heterocycles. The third kappa shape index (κ3) is 11.3. The van der Waals surface area contributed by atoms with Gasteiger partial charge in [-0.05, 0) is 31.3 Å². The first-order valence-corrected chi connectivity index (χ1v) is 12.9. The molecule has 1 fully saturated rings. The Kier molecular flexibility index (Phi) is 13.0. The molecule has 35 heavy (non-hydrogen) atoms. The van der Waals surface area contributed by atoms with E-state index in [4.69, 9.17) is 4.74 Å². The standard InChI is InChI=1S/C24H39N3O7S/c1-13(2)21-18(29)12-20(31)34-17(9-7-8-10-35-16(6)28)11-19(30)26-22(14(3)4)24(33)25-15(5)23(32)27-21/h7,9,13-15,17-18,21-22,29H,8,10-12H2,1-6H3,(H,25,33)(H,26,30)(H,27,32)/t15-,17-,18+,21-,22-/m1/s1. The van der Waals surface area contributed by atoms with Gasteiger partial charge in [0.05, 0.1) is 25.0 Å². The second-order valence-corrected chi connectivity index (χ2v) is 10.6. The average molecular weight is 514 g/mol. The number of nitrogens with one attached hydrogen (secondary N) is 3. The van der Waals surface area contributed by atoms with Gasteiger partial charge in [0.25, 0.3) is 0 Å². The Morgan fingerprint density at radius 2 is 1.71 bits per heavy atom. The molecule has 0 radical (unpaired) electrons. The molecule has 198 valence electrons. The van der Waals surface area contributed by atoms with Crippen LogP contribution in [-0.4, -0.2) is 70.0 Å². The van der Waals surface area contributed by atoms with Crippen LogP contribution >= 0.6 is 11.8 Å². The van der Waals surface area contributed by atoms with Crippen LogP contribution in [0.4, 0.5) is 0 Å². The maximum atomic E-state index is 12.8. The van der Waals surface area contributed by atoms with E-state index in [-0.39, 0.29) is 29.8 Å². The number of aliphatic hydroxyl groups is 1. The average Bonchev–Trinajstić information content (AvgIpc) is 2.73. The molecular formula is C24H39N3O7S. The number of carbonyl (C=O) groups excluding carboxylic acids is 5. The van der Waals surface area contributed by atoms with Gasteiger partial charge in [-0.25, -0.2) is 0 Å². The minimum atomic E-state index is -1.23. The largest absolute Gasteiger partial charge is 0.457 e. The van der Waals surface area contributed by atoms with Crippen molar-refractivity contribution < 1.29 is 33.8 Å². The van der Waals surface area contributed by atoms with Crippen molar-refractivity contribution in [3.8, 4) is 0 Å². The summed E-state index contributed by atoms with van der Waals surface area (Å²) in [6.07, 6.45) is 1.05. The van der Waals surface area contributed by atoms with Gasteiger partial charge in [-0.15, -0.1) is 0 Å². The van der Waals surface area contributed by atoms with Gasteiger partial charge in [0, 0.05) is 12.7 Å². The number of carbonyl (C=O) groups is 5. The van der Waals surface area contributed by atoms with Crippen molar-refractivity contribution in [2.45, 2.75) is 91.1 Å². The molecule has 1 saturated heterocycles. The SMILES string of the molecule is CC(=O)SCCC=C[C@@H]1CC(=O)N[C@H](C(C)C)C(=O)N[C@H](C)C(=O)N[C@H](C(C)C)[C@@H](O)CC(=O)O1. The van der Waals surface area contributed by atoms with Gasteiger partial charge in [-0.3, -0.25) is 24.0 Å². The Balaban J connectivity index is 3.18. The van der Waals surface area contributed by atoms with E-state index in [1.54, 1.807) is 39.8 Å². The van der Waals surface area contributed by atoms with Crippen LogP contribution in [0.3, 0.4) is 0 Å². The summed E-state index contributed by atoms with van der Waals surface area (Å²) in [6.45, 7) is 10.1. The highest BCUT2D eigenvalue weighted by Crippen LogP contribution is 2.14. The zero-order valence-corrected chi connectivity index (χ0v) is 22.1. The zero-order valence-electron chi connectivity index (χ0n) is 21.3. The van der Waals surface area contributed by atoms with Crippen LogP contribution in [0.2, 0.25) is 0 Å². The zero-order chi connectivity index (χ0) is 26.7. The molecule has 0 unspecified atom stereocenters. The highest BCUT2D eigenvalue weighted by atomic mass is 32.2. The Hall–Kier alpha value is -2.40. The molecule has 0 saturated carbocycles. The molecule has 10 nitrogen and oxygen atoms in total. The van der Waals surface area contributed by atoms with Crippen LogP contribution in [0.15, 0.2) is 12.2 Å². The fourth-order valence-electron chi connectivity index (χ4n) is 3.50. The summed E-state index contributed by atoms with van der Waals surface area (Å²) in [7, 11) is 0. The van der Waals surface area contributed by atoms with Crippen molar-refractivity contribution in [1.29, 1.82) is 0 Å². The molecule has 0 aromatic rings. The van der Waals surface area contributed by atoms with Gasteiger partial charge in [0.2, 0.25) is 17.7 Å². The van der Waals surface area contributed by atoms with Crippen LogP contribution in [0.25, 0.3) is 0 Å². The van der Waals surface area contributed by atoms with E-state index >= 15 is 0 Å². The summed E-state index contributed by atoms with van der Waals surface area (Å²) in [5.41, 5.74) is 0. The van der Waals surface area contributed by atoms with Crippen LogP contribution in [0.5, 0.6) is 0 Å². The van der Waals surface area contributed by atoms with E-state index in [0.29, 0.717) is 12.2 Å². The Labute approximate surface area is 211 Å². The molecule has 0 aliphatic carbocycles. The molecule has 0 bridgehead atoms. The van der Waals surface area contributed by atoms with Crippen LogP contribution in [0, 0.1) is 11.8 Å². The third-order valence-corrected chi connectivity index (χ3v) is 6.29. The molecule has 11 heteroatoms. The lowest BCUT2D eigenvalue weighted by Gasteiger charge is -2.29. The van der Waals surface area contributed by atoms with Crippen molar-refractivity contribution in [3.63, 3.8) is 0 Å². The first-order valence-electron chi connectivity index (χ1n) is 11.9. The van der Waals surface area contributed by atoms with Gasteiger partial charge in [0.1, 0.15) is 18.2 Å². The van der Waals surface area contributed by atoms with Gasteiger partial charge in [0.15, 0.2) is 5.12 Å². The summed E-state index contributed by atoms with van der Waals surface area (Å²) < 4.78 is 5.46. The predicted molar refractivity (Wildman–Crippen MR) is 133 cm³/mol. The number of aliphatic hydroxyl groups excluding tert-OH is 1. The highest BCUT2D eigenvalue weighted by Gasteiger charge is 2.32. The molecule has 3 amide bonds. The van der Waals surface area contributed by atoms with Gasteiger partial charge < -0.3 is 25.8 Å². The molecule has 4 N–H and O–H groups in total. The first kappa shape index (κ1) is 30.6. The molecule has 0 aromatic carbocycles. The van der Waals surface area contributed by atoms with Crippen molar-refractivity contribution in [3.05, 3.63) is 12.2 Å². The smallest absolute Gasteiger partial charge is 0.309 e. The fraction of sp³-hybridized carbons (Fsp3) is 0.708. The number of hydrogen-bond acceptors (Lipinski definition) is 8. The van der Waals surface area contributed by atoms with Crippen molar-refractivity contribution in [2.75, 3.05) is 5.75 Å². The van der Waals surface area contributed by atoms with Crippen molar-refractivity contribution in [2.24, 2.45) is 11.8 Å². The summed E-state index contributed by atoms with van der Waals surface area (Å²) in [5, 5.41) is 18.6. The molecule has 5 atom stereocenters. The van der Waals surface area contributed by atoms with Crippen molar-refractivity contribution in [1.82, 2.24) is 16.0 Å². The Morgan fingerprint density at radius 3 is 2.29 bits per heavy atom. The molecule has 0 spiro atoms. The van der Waals surface area contributed by atoms with Gasteiger partial charge >= 0.3 is 5.97 Å². The number of allylic oxidation sites excluding steroid dienone is 1. The number of esters is 1. The summed E-state index contributed by atoms with van der Waals surface area (Å²) in [6, 6.07) is -2.57. The maximum Gasteiger partial charge on any atom is 0.309 e. The van der Waals surface area contributed by atoms with Crippen molar-refractivity contribution >= 4 is 40.6 Å². The number of rotatable bonds is 6. The van der Waals surface area contributed by atoms with Crippen LogP contribution in [0.1, 0.15) is 60.8 Å². The van der Waals surface area contributed by atoms with Crippen LogP contribution in [-0.2, 0) is 28.7 Å². The summed E-state index contributed by atoms with van der Waals surface area (Å²) in [5.74, 6) is -2.20. The van der Waals surface area contributed by atoms with Gasteiger partial charge in [-0.2, -0.15) is 0 Å². The number of ether oxygens (including phenoxy) is 1. The van der Waals surface area contributed by atoms with E-state index in [0.717, 1.165) is 11.8 Å². The molecule has 1 heterocycles.